The predicted molar refractivity (Wildman–Crippen MR) is 113 cm³/mol. The van der Waals surface area contributed by atoms with Crippen molar-refractivity contribution in [3.8, 4) is 11.3 Å². The summed E-state index contributed by atoms with van der Waals surface area (Å²) in [4.78, 5) is 28.3. The van der Waals surface area contributed by atoms with Crippen molar-refractivity contribution in [2.24, 2.45) is 5.92 Å². The zero-order chi connectivity index (χ0) is 22.5. The van der Waals surface area contributed by atoms with Gasteiger partial charge in [0.15, 0.2) is 11.7 Å². The third-order valence-electron chi connectivity index (χ3n) is 4.63. The fourth-order valence-corrected chi connectivity index (χ4v) is 2.83. The van der Waals surface area contributed by atoms with Gasteiger partial charge >= 0.3 is 0 Å². The van der Waals surface area contributed by atoms with Gasteiger partial charge in [0.2, 0.25) is 11.8 Å². The Morgan fingerprint density at radius 1 is 1.10 bits per heavy atom. The van der Waals surface area contributed by atoms with Crippen LogP contribution in [0.4, 0.5) is 20.2 Å². The topological polar surface area (TPSA) is 84.2 Å². The molecule has 0 bridgehead atoms. The van der Waals surface area contributed by atoms with Gasteiger partial charge in [-0.15, -0.1) is 0 Å². The fraction of sp³-hybridized carbons (Fsp3) is 0.261. The van der Waals surface area contributed by atoms with Gasteiger partial charge < -0.3 is 15.1 Å². The molecule has 0 fully saturated rings. The van der Waals surface area contributed by atoms with Gasteiger partial charge in [-0.3, -0.25) is 9.59 Å². The number of oxazole rings is 1. The summed E-state index contributed by atoms with van der Waals surface area (Å²) in [6, 6.07) is 8.79. The van der Waals surface area contributed by atoms with Gasteiger partial charge in [0, 0.05) is 30.1 Å². The number of aryl methyl sites for hydroxylation is 2. The second-order valence-electron chi connectivity index (χ2n) is 7.44. The van der Waals surface area contributed by atoms with Gasteiger partial charge in [-0.2, -0.15) is 0 Å². The van der Waals surface area contributed by atoms with Gasteiger partial charge in [0.25, 0.3) is 0 Å². The van der Waals surface area contributed by atoms with E-state index in [0.29, 0.717) is 11.4 Å². The van der Waals surface area contributed by atoms with Crippen molar-refractivity contribution in [3.63, 3.8) is 0 Å². The van der Waals surface area contributed by atoms with Gasteiger partial charge in [-0.05, 0) is 36.8 Å². The molecule has 0 spiro atoms. The number of halogens is 2. The lowest BCUT2D eigenvalue weighted by atomic mass is 10.1. The molecule has 162 valence electrons. The number of amides is 2. The minimum Gasteiger partial charge on any atom is -0.441 e. The maximum absolute atomic E-state index is 13.9. The Balaban J connectivity index is 1.62. The Morgan fingerprint density at radius 2 is 1.81 bits per heavy atom. The van der Waals surface area contributed by atoms with Gasteiger partial charge in [0.05, 0.1) is 11.8 Å². The lowest BCUT2D eigenvalue weighted by Gasteiger charge is -2.12. The lowest BCUT2D eigenvalue weighted by Crippen LogP contribution is -2.18. The van der Waals surface area contributed by atoms with Crippen LogP contribution in [0.15, 0.2) is 47.0 Å². The molecule has 0 aliphatic carbocycles. The molecule has 6 nitrogen and oxygen atoms in total. The van der Waals surface area contributed by atoms with Crippen LogP contribution in [-0.4, -0.2) is 16.8 Å². The summed E-state index contributed by atoms with van der Waals surface area (Å²) in [5.41, 5.74) is 1.71. The van der Waals surface area contributed by atoms with Crippen molar-refractivity contribution < 1.29 is 22.8 Å². The van der Waals surface area contributed by atoms with Crippen LogP contribution in [-0.2, 0) is 16.0 Å². The molecule has 0 saturated carbocycles. The minimum atomic E-state index is -0.750. The number of carbonyl (C=O) groups excluding carboxylic acids is 2. The number of carbonyl (C=O) groups is 2. The zero-order valence-electron chi connectivity index (χ0n) is 17.5. The summed E-state index contributed by atoms with van der Waals surface area (Å²) in [6.07, 6.45) is 1.45. The molecule has 1 heterocycles. The molecule has 0 unspecified atom stereocenters. The maximum Gasteiger partial charge on any atom is 0.226 e. The van der Waals surface area contributed by atoms with Crippen molar-refractivity contribution in [1.29, 1.82) is 0 Å². The van der Waals surface area contributed by atoms with Crippen LogP contribution in [0.25, 0.3) is 11.3 Å². The smallest absolute Gasteiger partial charge is 0.226 e. The van der Waals surface area contributed by atoms with E-state index >= 15 is 0 Å². The zero-order valence-corrected chi connectivity index (χ0v) is 17.5. The molecule has 2 amide bonds. The predicted octanol–water partition coefficient (Wildman–Crippen LogP) is 5.09. The molecular formula is C23H23F2N3O3. The van der Waals surface area contributed by atoms with E-state index in [4.69, 9.17) is 4.42 Å². The summed E-state index contributed by atoms with van der Waals surface area (Å²) in [7, 11) is 0. The maximum atomic E-state index is 13.9. The van der Waals surface area contributed by atoms with Crippen molar-refractivity contribution in [3.05, 3.63) is 65.7 Å². The van der Waals surface area contributed by atoms with Crippen molar-refractivity contribution in [2.75, 3.05) is 10.6 Å². The molecule has 0 saturated heterocycles. The van der Waals surface area contributed by atoms with Crippen molar-refractivity contribution in [2.45, 2.75) is 33.6 Å². The van der Waals surface area contributed by atoms with Crippen LogP contribution in [0.2, 0.25) is 0 Å². The molecular weight excluding hydrogens is 404 g/mol. The Hall–Kier alpha value is -3.55. The van der Waals surface area contributed by atoms with E-state index in [-0.39, 0.29) is 47.8 Å². The van der Waals surface area contributed by atoms with Crippen molar-refractivity contribution >= 4 is 23.2 Å². The molecule has 2 N–H and O–H groups in total. The van der Waals surface area contributed by atoms with Crippen molar-refractivity contribution in [1.82, 2.24) is 4.98 Å². The molecule has 3 aromatic rings. The van der Waals surface area contributed by atoms with E-state index in [0.717, 1.165) is 17.7 Å². The van der Waals surface area contributed by atoms with E-state index in [1.807, 2.05) is 6.92 Å². The summed E-state index contributed by atoms with van der Waals surface area (Å²) in [6.45, 7) is 5.43. The average molecular weight is 427 g/mol. The number of hydrogen-bond acceptors (Lipinski definition) is 4. The Kier molecular flexibility index (Phi) is 6.79. The highest BCUT2D eigenvalue weighted by Gasteiger charge is 2.16. The van der Waals surface area contributed by atoms with E-state index in [1.54, 1.807) is 32.0 Å². The Labute approximate surface area is 178 Å². The number of aromatic nitrogens is 1. The molecule has 0 aliphatic heterocycles. The average Bonchev–Trinajstić information content (AvgIpc) is 3.17. The first-order valence-corrected chi connectivity index (χ1v) is 9.85. The first kappa shape index (κ1) is 22.1. The summed E-state index contributed by atoms with van der Waals surface area (Å²) < 4.78 is 33.2. The third-order valence-corrected chi connectivity index (χ3v) is 4.63. The lowest BCUT2D eigenvalue weighted by molar-refractivity contribution is -0.119. The largest absolute Gasteiger partial charge is 0.441 e. The SMILES string of the molecule is Cc1ccc(NC(=O)C(C)C)cc1NC(=O)CCc1ncc(-c2c(F)cccc2F)o1. The molecule has 8 heteroatoms. The third kappa shape index (κ3) is 5.53. The molecule has 2 aromatic carbocycles. The summed E-state index contributed by atoms with van der Waals surface area (Å²) in [5.74, 6) is -1.90. The van der Waals surface area contributed by atoms with Gasteiger partial charge in [-0.1, -0.05) is 26.0 Å². The second kappa shape index (κ2) is 9.51. The molecule has 1 aromatic heterocycles. The van der Waals surface area contributed by atoms with E-state index < -0.39 is 11.6 Å². The quantitative estimate of drug-likeness (QED) is 0.550. The van der Waals surface area contributed by atoms with Crippen LogP contribution in [0.1, 0.15) is 31.7 Å². The molecule has 0 atom stereocenters. The summed E-state index contributed by atoms with van der Waals surface area (Å²) >= 11 is 0. The van der Waals surface area contributed by atoms with E-state index in [9.17, 15) is 18.4 Å². The monoisotopic (exact) mass is 427 g/mol. The highest BCUT2D eigenvalue weighted by atomic mass is 19.1. The second-order valence-corrected chi connectivity index (χ2v) is 7.44. The highest BCUT2D eigenvalue weighted by molar-refractivity contribution is 5.95. The fourth-order valence-electron chi connectivity index (χ4n) is 2.83. The Bertz CT molecular complexity index is 1090. The molecule has 31 heavy (non-hydrogen) atoms. The molecule has 3 rings (SSSR count). The van der Waals surface area contributed by atoms with Crippen LogP contribution in [0.3, 0.4) is 0 Å². The number of nitrogens with zero attached hydrogens (tertiary/aromatic N) is 1. The van der Waals surface area contributed by atoms with Gasteiger partial charge in [0.1, 0.15) is 11.6 Å². The van der Waals surface area contributed by atoms with Crippen LogP contribution >= 0.6 is 0 Å². The number of anilines is 2. The molecule has 0 radical (unpaired) electrons. The van der Waals surface area contributed by atoms with E-state index in [1.165, 1.54) is 12.3 Å². The summed E-state index contributed by atoms with van der Waals surface area (Å²) in [5, 5.41) is 5.59. The normalized spacial score (nSPS) is 10.9. The van der Waals surface area contributed by atoms with Gasteiger partial charge in [-0.25, -0.2) is 13.8 Å². The highest BCUT2D eigenvalue weighted by Crippen LogP contribution is 2.27. The number of benzene rings is 2. The molecule has 0 aliphatic rings. The first-order valence-electron chi connectivity index (χ1n) is 9.85. The first-order chi connectivity index (χ1) is 14.7. The number of rotatable bonds is 7. The number of hydrogen-bond donors (Lipinski definition) is 2. The Morgan fingerprint density at radius 3 is 2.48 bits per heavy atom. The number of nitrogens with one attached hydrogen (secondary N) is 2. The van der Waals surface area contributed by atoms with Crippen LogP contribution in [0.5, 0.6) is 0 Å². The minimum absolute atomic E-state index is 0.0320. The standard InChI is InChI=1S/C23H23F2N3O3/c1-13(2)23(30)27-15-8-7-14(3)18(11-15)28-20(29)9-10-21-26-12-19(31-21)22-16(24)5-4-6-17(22)25/h4-8,11-13H,9-10H2,1-3H3,(H,27,30)(H,28,29). The van der Waals surface area contributed by atoms with E-state index in [2.05, 4.69) is 15.6 Å². The van der Waals surface area contributed by atoms with Crippen LogP contribution in [0, 0.1) is 24.5 Å². The van der Waals surface area contributed by atoms with Crippen LogP contribution < -0.4 is 10.6 Å².